The van der Waals surface area contributed by atoms with Crippen molar-refractivity contribution in [3.05, 3.63) is 59.9 Å². The zero-order chi connectivity index (χ0) is 25.4. The molecule has 0 bridgehead atoms. The number of aromatic amines is 1. The van der Waals surface area contributed by atoms with E-state index in [-0.39, 0.29) is 29.1 Å². The molecular weight excluding hydrogens is 475 g/mol. The summed E-state index contributed by atoms with van der Waals surface area (Å²) >= 11 is 0. The summed E-state index contributed by atoms with van der Waals surface area (Å²) in [7, 11) is 0. The first kappa shape index (κ1) is 23.2. The molecule has 0 spiro atoms. The van der Waals surface area contributed by atoms with Gasteiger partial charge in [0.1, 0.15) is 17.7 Å². The first-order valence-corrected chi connectivity index (χ1v) is 12.4. The van der Waals surface area contributed by atoms with E-state index in [4.69, 9.17) is 4.74 Å². The number of aryl methyl sites for hydroxylation is 1. The number of H-pyrrole nitrogens is 1. The van der Waals surface area contributed by atoms with Crippen LogP contribution in [0.2, 0.25) is 0 Å². The Hall–Kier alpha value is -4.25. The fourth-order valence-corrected chi connectivity index (χ4v) is 4.39. The number of halogens is 1. The molecule has 10 nitrogen and oxygen atoms in total. The molecule has 2 fully saturated rings. The molecule has 3 aromatic heterocycles. The average Bonchev–Trinajstić information content (AvgIpc) is 3.64. The van der Waals surface area contributed by atoms with Crippen LogP contribution in [0, 0.1) is 12.7 Å². The zero-order valence-electron chi connectivity index (χ0n) is 20.3. The number of nitrogens with one attached hydrogen (secondary N) is 4. The molecule has 4 aromatic rings. The van der Waals surface area contributed by atoms with Crippen LogP contribution in [0.4, 0.5) is 21.7 Å². The van der Waals surface area contributed by atoms with E-state index >= 15 is 4.39 Å². The number of carbonyl (C=O) groups excluding carboxylic acids is 1. The first-order chi connectivity index (χ1) is 18.0. The van der Waals surface area contributed by atoms with E-state index in [1.165, 1.54) is 12.4 Å². The minimum atomic E-state index is -0.534. The number of pyridine rings is 1. The van der Waals surface area contributed by atoms with Crippen LogP contribution in [0.15, 0.2) is 42.9 Å². The summed E-state index contributed by atoms with van der Waals surface area (Å²) in [6.45, 7) is 5.54. The van der Waals surface area contributed by atoms with E-state index in [9.17, 15) is 4.79 Å². The van der Waals surface area contributed by atoms with Crippen LogP contribution in [0.5, 0.6) is 11.6 Å². The smallest absolute Gasteiger partial charge is 0.260 e. The molecule has 2 aliphatic rings. The molecule has 6 rings (SSSR count). The molecule has 1 aliphatic heterocycles. The average molecular weight is 503 g/mol. The monoisotopic (exact) mass is 502 g/mol. The number of nitrogens with zero attached hydrogens (tertiary/aromatic N) is 4. The highest BCUT2D eigenvalue weighted by molar-refractivity contribution is 6.01. The Kier molecular flexibility index (Phi) is 6.05. The highest BCUT2D eigenvalue weighted by Crippen LogP contribution is 2.34. The van der Waals surface area contributed by atoms with Gasteiger partial charge in [0, 0.05) is 48.8 Å². The summed E-state index contributed by atoms with van der Waals surface area (Å²) in [6, 6.07) is 8.87. The van der Waals surface area contributed by atoms with E-state index in [0.29, 0.717) is 16.7 Å². The van der Waals surface area contributed by atoms with Crippen molar-refractivity contribution in [1.29, 1.82) is 0 Å². The van der Waals surface area contributed by atoms with Crippen molar-refractivity contribution in [2.24, 2.45) is 0 Å². The maximum atomic E-state index is 15.2. The second-order valence-corrected chi connectivity index (χ2v) is 9.31. The predicted molar refractivity (Wildman–Crippen MR) is 138 cm³/mol. The highest BCUT2D eigenvalue weighted by Gasteiger charge is 2.29. The van der Waals surface area contributed by atoms with Crippen molar-refractivity contribution in [3.63, 3.8) is 0 Å². The summed E-state index contributed by atoms with van der Waals surface area (Å²) in [6.07, 6.45) is 4.88. The minimum Gasteiger partial charge on any atom is -0.435 e. The molecule has 1 aliphatic carbocycles. The van der Waals surface area contributed by atoms with Gasteiger partial charge in [-0.3, -0.25) is 4.79 Å². The number of benzene rings is 1. The molecule has 4 N–H and O–H groups in total. The highest BCUT2D eigenvalue weighted by atomic mass is 19.1. The van der Waals surface area contributed by atoms with Crippen LogP contribution in [0.1, 0.15) is 28.9 Å². The summed E-state index contributed by atoms with van der Waals surface area (Å²) in [5, 5.41) is 9.81. The summed E-state index contributed by atoms with van der Waals surface area (Å²) < 4.78 is 21.1. The van der Waals surface area contributed by atoms with Crippen molar-refractivity contribution in [2.75, 3.05) is 36.4 Å². The third-order valence-corrected chi connectivity index (χ3v) is 6.47. The number of hydrogen-bond acceptors (Lipinski definition) is 8. The van der Waals surface area contributed by atoms with Gasteiger partial charge in [-0.15, -0.1) is 0 Å². The van der Waals surface area contributed by atoms with Crippen molar-refractivity contribution in [2.45, 2.75) is 25.8 Å². The summed E-state index contributed by atoms with van der Waals surface area (Å²) in [5.41, 5.74) is 2.61. The van der Waals surface area contributed by atoms with Gasteiger partial charge >= 0.3 is 0 Å². The van der Waals surface area contributed by atoms with Crippen LogP contribution in [0.25, 0.3) is 10.9 Å². The third-order valence-electron chi connectivity index (χ3n) is 6.47. The Morgan fingerprint density at radius 2 is 1.97 bits per heavy atom. The van der Waals surface area contributed by atoms with E-state index in [0.717, 1.165) is 50.4 Å². The van der Waals surface area contributed by atoms with Gasteiger partial charge in [-0.05, 0) is 50.1 Å². The van der Waals surface area contributed by atoms with Gasteiger partial charge in [0.05, 0.1) is 11.9 Å². The van der Waals surface area contributed by atoms with E-state index < -0.39 is 11.7 Å². The van der Waals surface area contributed by atoms with Crippen LogP contribution >= 0.6 is 0 Å². The van der Waals surface area contributed by atoms with E-state index in [1.54, 1.807) is 18.3 Å². The Bertz CT molecular complexity index is 1450. The van der Waals surface area contributed by atoms with Gasteiger partial charge in [-0.1, -0.05) is 0 Å². The van der Waals surface area contributed by atoms with Crippen molar-refractivity contribution in [1.82, 2.24) is 30.6 Å². The van der Waals surface area contributed by atoms with Crippen LogP contribution in [-0.2, 0) is 0 Å². The Balaban J connectivity index is 1.31. The lowest BCUT2D eigenvalue weighted by Crippen LogP contribution is -2.43. The lowest BCUT2D eigenvalue weighted by Gasteiger charge is -2.29. The number of rotatable bonds is 7. The van der Waals surface area contributed by atoms with Gasteiger partial charge in [0.25, 0.3) is 5.91 Å². The maximum absolute atomic E-state index is 15.2. The summed E-state index contributed by atoms with van der Waals surface area (Å²) in [5.74, 6) is -0.261. The number of carbonyl (C=O) groups is 1. The number of amides is 1. The molecule has 37 heavy (non-hydrogen) atoms. The molecule has 1 aromatic carbocycles. The molecule has 0 atom stereocenters. The van der Waals surface area contributed by atoms with Gasteiger partial charge in [0.15, 0.2) is 17.4 Å². The van der Waals surface area contributed by atoms with Crippen LogP contribution < -0.4 is 25.6 Å². The van der Waals surface area contributed by atoms with Gasteiger partial charge in [-0.25, -0.2) is 19.3 Å². The number of ether oxygens (including phenoxy) is 1. The first-order valence-electron chi connectivity index (χ1n) is 12.4. The van der Waals surface area contributed by atoms with Gasteiger partial charge in [-0.2, -0.15) is 0 Å². The topological polar surface area (TPSA) is 120 Å². The van der Waals surface area contributed by atoms with Gasteiger partial charge < -0.3 is 30.6 Å². The van der Waals surface area contributed by atoms with Gasteiger partial charge in [0.2, 0.25) is 5.88 Å². The predicted octanol–water partition coefficient (Wildman–Crippen LogP) is 3.64. The molecule has 1 saturated heterocycles. The number of aromatic nitrogens is 4. The van der Waals surface area contributed by atoms with Crippen LogP contribution in [-0.4, -0.2) is 58.1 Å². The van der Waals surface area contributed by atoms with Crippen molar-refractivity contribution >= 4 is 34.1 Å². The second-order valence-electron chi connectivity index (χ2n) is 9.31. The molecular formula is C26H27FN8O2. The standard InChI is InChI=1S/C26H27FN8O2/c1-15-12-18-19(32-15)5-6-20(23(18)27)37-26-22(25(36)33-16-2-3-16)24(30-14-31-26)34-21-7-4-17(13-29-21)35-10-8-28-9-11-35/h4-7,12-14,16,28,32H,2-3,8-11H2,1H3,(H,33,36)(H,29,30,31,34). The zero-order valence-corrected chi connectivity index (χ0v) is 20.3. The molecule has 1 amide bonds. The molecule has 1 saturated carbocycles. The summed E-state index contributed by atoms with van der Waals surface area (Å²) in [4.78, 5) is 31.6. The molecule has 4 heterocycles. The largest absolute Gasteiger partial charge is 0.435 e. The van der Waals surface area contributed by atoms with Crippen molar-refractivity contribution in [3.8, 4) is 11.6 Å². The fourth-order valence-electron chi connectivity index (χ4n) is 4.39. The van der Waals surface area contributed by atoms with E-state index in [1.807, 2.05) is 19.1 Å². The maximum Gasteiger partial charge on any atom is 0.260 e. The van der Waals surface area contributed by atoms with Crippen molar-refractivity contribution < 1.29 is 13.9 Å². The molecule has 11 heteroatoms. The molecule has 0 radical (unpaired) electrons. The second kappa shape index (κ2) is 9.66. The normalized spacial score (nSPS) is 15.6. The third kappa shape index (κ3) is 4.90. The Morgan fingerprint density at radius 3 is 2.73 bits per heavy atom. The SMILES string of the molecule is Cc1cc2c(F)c(Oc3ncnc(Nc4ccc(N5CCNCC5)cn4)c3C(=O)NC3CC3)ccc2[nH]1. The molecule has 190 valence electrons. The number of fused-ring (bicyclic) bond motifs is 1. The fraction of sp³-hybridized carbons (Fsp3) is 0.308. The number of hydrogen-bond donors (Lipinski definition) is 4. The molecule has 0 unspecified atom stereocenters. The minimum absolute atomic E-state index is 0.0323. The van der Waals surface area contributed by atoms with E-state index in [2.05, 4.69) is 40.8 Å². The Morgan fingerprint density at radius 1 is 1.14 bits per heavy atom. The number of piperazine rings is 1. The lowest BCUT2D eigenvalue weighted by molar-refractivity contribution is 0.0948. The quantitative estimate of drug-likeness (QED) is 0.302. The Labute approximate surface area is 212 Å². The van der Waals surface area contributed by atoms with Crippen LogP contribution in [0.3, 0.4) is 0 Å². The lowest BCUT2D eigenvalue weighted by atomic mass is 10.2. The number of anilines is 3.